The molecule has 1 aromatic carbocycles. The Bertz CT molecular complexity index is 1160. The third-order valence-electron chi connectivity index (χ3n) is 5.87. The molecule has 1 saturated heterocycles. The first-order chi connectivity index (χ1) is 14.9. The van der Waals surface area contributed by atoms with Crippen molar-refractivity contribution in [1.29, 1.82) is 0 Å². The largest absolute Gasteiger partial charge is 0.398 e. The van der Waals surface area contributed by atoms with Gasteiger partial charge in [-0.25, -0.2) is 9.37 Å². The summed E-state index contributed by atoms with van der Waals surface area (Å²) >= 11 is 0. The standard InChI is InChI=1S/C23H27FN6O/c1-14-12-30-13-16(10-20(24)22(30)27-14)28-23(31)18-5-4-17(19(11-26-2)21(18)25)15-6-8-29(3)9-7-15/h4-5,10-13,15H,6-9,25H2,1-3H3,(H,28,31). The Kier molecular flexibility index (Phi) is 5.73. The number of benzene rings is 1. The fraction of sp³-hybridized carbons (Fsp3) is 0.348. The van der Waals surface area contributed by atoms with E-state index < -0.39 is 11.7 Å². The highest BCUT2D eigenvalue weighted by Crippen LogP contribution is 2.33. The zero-order valence-corrected chi connectivity index (χ0v) is 18.0. The maximum absolute atomic E-state index is 14.4. The van der Waals surface area contributed by atoms with E-state index in [0.29, 0.717) is 28.6 Å². The molecule has 7 nitrogen and oxygen atoms in total. The molecule has 2 aromatic heterocycles. The molecule has 3 heterocycles. The lowest BCUT2D eigenvalue weighted by Crippen LogP contribution is -2.29. The number of nitrogens with one attached hydrogen (secondary N) is 1. The lowest BCUT2D eigenvalue weighted by Gasteiger charge is -2.30. The summed E-state index contributed by atoms with van der Waals surface area (Å²) in [6.07, 6.45) is 7.13. The number of nitrogens with zero attached hydrogens (tertiary/aromatic N) is 4. The molecule has 1 aliphatic rings. The van der Waals surface area contributed by atoms with Crippen molar-refractivity contribution in [2.45, 2.75) is 25.7 Å². The lowest BCUT2D eigenvalue weighted by atomic mass is 9.85. The Labute approximate surface area is 180 Å². The second-order valence-corrected chi connectivity index (χ2v) is 8.14. The Morgan fingerprint density at radius 1 is 1.32 bits per heavy atom. The van der Waals surface area contributed by atoms with E-state index in [1.54, 1.807) is 43.0 Å². The number of hydrogen-bond acceptors (Lipinski definition) is 5. The van der Waals surface area contributed by atoms with Crippen LogP contribution in [-0.2, 0) is 0 Å². The van der Waals surface area contributed by atoms with Gasteiger partial charge < -0.3 is 20.4 Å². The first-order valence-electron chi connectivity index (χ1n) is 10.4. The zero-order valence-electron chi connectivity index (χ0n) is 18.0. The molecule has 1 aliphatic heterocycles. The van der Waals surface area contributed by atoms with Crippen LogP contribution in [0.3, 0.4) is 0 Å². The third-order valence-corrected chi connectivity index (χ3v) is 5.87. The van der Waals surface area contributed by atoms with Crippen LogP contribution >= 0.6 is 0 Å². The maximum Gasteiger partial charge on any atom is 0.257 e. The smallest absolute Gasteiger partial charge is 0.257 e. The van der Waals surface area contributed by atoms with Crippen LogP contribution in [0.25, 0.3) is 5.65 Å². The summed E-state index contributed by atoms with van der Waals surface area (Å²) in [5.41, 5.74) is 10.3. The number of halogens is 1. The van der Waals surface area contributed by atoms with Crippen LogP contribution < -0.4 is 11.1 Å². The number of hydrogen-bond donors (Lipinski definition) is 2. The topological polar surface area (TPSA) is 88.0 Å². The molecule has 0 unspecified atom stereocenters. The van der Waals surface area contributed by atoms with Crippen LogP contribution in [0.1, 0.15) is 45.9 Å². The molecule has 1 fully saturated rings. The van der Waals surface area contributed by atoms with Gasteiger partial charge in [-0.1, -0.05) is 6.07 Å². The number of rotatable bonds is 4. The molecule has 0 aliphatic carbocycles. The van der Waals surface area contributed by atoms with Crippen molar-refractivity contribution in [3.63, 3.8) is 0 Å². The van der Waals surface area contributed by atoms with Gasteiger partial charge in [0, 0.05) is 37.3 Å². The molecular weight excluding hydrogens is 395 g/mol. The number of carbonyl (C=O) groups is 1. The van der Waals surface area contributed by atoms with Gasteiger partial charge in [-0.05, 0) is 57.5 Å². The van der Waals surface area contributed by atoms with Gasteiger partial charge in [0.2, 0.25) is 0 Å². The van der Waals surface area contributed by atoms with Crippen molar-refractivity contribution in [3.05, 3.63) is 58.8 Å². The summed E-state index contributed by atoms with van der Waals surface area (Å²) in [6.45, 7) is 3.84. The molecule has 31 heavy (non-hydrogen) atoms. The predicted octanol–water partition coefficient (Wildman–Crippen LogP) is 3.47. The lowest BCUT2D eigenvalue weighted by molar-refractivity contribution is 0.102. The number of nitrogens with two attached hydrogens (primary N) is 1. The van der Waals surface area contributed by atoms with Crippen molar-refractivity contribution in [2.24, 2.45) is 4.99 Å². The van der Waals surface area contributed by atoms with Crippen molar-refractivity contribution in [1.82, 2.24) is 14.3 Å². The molecular formula is C23H27FN6O. The average molecular weight is 423 g/mol. The first-order valence-corrected chi connectivity index (χ1v) is 10.4. The molecule has 0 bridgehead atoms. The minimum atomic E-state index is -0.504. The highest BCUT2D eigenvalue weighted by atomic mass is 19.1. The van der Waals surface area contributed by atoms with Crippen molar-refractivity contribution >= 4 is 29.1 Å². The maximum atomic E-state index is 14.4. The highest BCUT2D eigenvalue weighted by molar-refractivity contribution is 6.10. The number of carbonyl (C=O) groups excluding carboxylic acids is 1. The Morgan fingerprint density at radius 2 is 2.06 bits per heavy atom. The van der Waals surface area contributed by atoms with Crippen LogP contribution in [-0.4, -0.2) is 53.6 Å². The summed E-state index contributed by atoms with van der Waals surface area (Å²) in [6, 6.07) is 4.99. The summed E-state index contributed by atoms with van der Waals surface area (Å²) in [4.78, 5) is 23.6. The third kappa shape index (κ3) is 4.16. The molecule has 8 heteroatoms. The van der Waals surface area contributed by atoms with Crippen LogP contribution in [0.15, 0.2) is 35.6 Å². The van der Waals surface area contributed by atoms with Gasteiger partial charge >= 0.3 is 0 Å². The van der Waals surface area contributed by atoms with Crippen LogP contribution in [0.2, 0.25) is 0 Å². The molecule has 4 rings (SSSR count). The van der Waals surface area contributed by atoms with Gasteiger partial charge in [0.25, 0.3) is 5.91 Å². The number of piperidine rings is 1. The summed E-state index contributed by atoms with van der Waals surface area (Å²) in [5.74, 6) is -0.520. The number of fused-ring (bicyclic) bond motifs is 1. The van der Waals surface area contributed by atoms with Gasteiger partial charge in [-0.3, -0.25) is 9.79 Å². The molecule has 162 valence electrons. The fourth-order valence-electron chi connectivity index (χ4n) is 4.25. The van der Waals surface area contributed by atoms with Gasteiger partial charge in [0.15, 0.2) is 11.5 Å². The number of aryl methyl sites for hydroxylation is 1. The van der Waals surface area contributed by atoms with Gasteiger partial charge in [-0.2, -0.15) is 0 Å². The molecule has 0 saturated carbocycles. The normalized spacial score (nSPS) is 15.7. The molecule has 0 radical (unpaired) electrons. The second-order valence-electron chi connectivity index (χ2n) is 8.14. The van der Waals surface area contributed by atoms with Crippen molar-refractivity contribution in [2.75, 3.05) is 38.2 Å². The van der Waals surface area contributed by atoms with Gasteiger partial charge in [0.1, 0.15) is 0 Å². The molecule has 3 aromatic rings. The molecule has 1 amide bonds. The highest BCUT2D eigenvalue weighted by Gasteiger charge is 2.24. The number of likely N-dealkylation sites (tertiary alicyclic amines) is 1. The van der Waals surface area contributed by atoms with Gasteiger partial charge in [-0.15, -0.1) is 0 Å². The van der Waals surface area contributed by atoms with E-state index in [2.05, 4.69) is 27.2 Å². The minimum absolute atomic E-state index is 0.221. The zero-order chi connectivity index (χ0) is 22.1. The van der Waals surface area contributed by atoms with Crippen LogP contribution in [0.4, 0.5) is 15.8 Å². The average Bonchev–Trinajstić information content (AvgIpc) is 3.11. The van der Waals surface area contributed by atoms with E-state index in [0.717, 1.165) is 37.1 Å². The second kappa shape index (κ2) is 8.47. The summed E-state index contributed by atoms with van der Waals surface area (Å²) < 4.78 is 15.9. The number of amides is 1. The molecule has 0 atom stereocenters. The van der Waals surface area contributed by atoms with Crippen molar-refractivity contribution in [3.8, 4) is 0 Å². The van der Waals surface area contributed by atoms with E-state index in [1.807, 2.05) is 6.07 Å². The van der Waals surface area contributed by atoms with E-state index in [-0.39, 0.29) is 5.65 Å². The van der Waals surface area contributed by atoms with E-state index in [1.165, 1.54) is 6.07 Å². The van der Waals surface area contributed by atoms with Crippen LogP contribution in [0.5, 0.6) is 0 Å². The minimum Gasteiger partial charge on any atom is -0.398 e. The number of aromatic nitrogens is 2. The van der Waals surface area contributed by atoms with Crippen LogP contribution in [0, 0.1) is 12.7 Å². The number of anilines is 2. The first kappa shape index (κ1) is 21.0. The van der Waals surface area contributed by atoms with Gasteiger partial charge in [0.05, 0.1) is 22.6 Å². The summed E-state index contributed by atoms with van der Waals surface area (Å²) in [5, 5.41) is 2.76. The number of nitrogen functional groups attached to an aromatic ring is 1. The SMILES string of the molecule is CN=Cc1c(C2CCN(C)CC2)ccc(C(=O)Nc2cc(F)c3nc(C)cn3c2)c1N. The van der Waals surface area contributed by atoms with E-state index in [9.17, 15) is 9.18 Å². The quantitative estimate of drug-likeness (QED) is 0.498. The van der Waals surface area contributed by atoms with Crippen molar-refractivity contribution < 1.29 is 9.18 Å². The molecule has 0 spiro atoms. The Hall–Kier alpha value is -3.26. The number of aliphatic imine (C=N–C) groups is 1. The number of pyridine rings is 1. The predicted molar refractivity (Wildman–Crippen MR) is 122 cm³/mol. The summed E-state index contributed by atoms with van der Waals surface area (Å²) in [7, 11) is 3.81. The monoisotopic (exact) mass is 422 g/mol. The fourth-order valence-corrected chi connectivity index (χ4v) is 4.25. The Morgan fingerprint density at radius 3 is 2.77 bits per heavy atom. The van der Waals surface area contributed by atoms with E-state index in [4.69, 9.17) is 5.73 Å². The number of imidazole rings is 1. The Balaban J connectivity index is 1.64. The molecule has 3 N–H and O–H groups in total. The van der Waals surface area contributed by atoms with E-state index >= 15 is 0 Å².